The molecule has 0 saturated carbocycles. The fourth-order valence-electron chi connectivity index (χ4n) is 3.48. The first-order chi connectivity index (χ1) is 14.2. The Morgan fingerprint density at radius 1 is 0.931 bits per heavy atom. The quantitative estimate of drug-likeness (QED) is 0.419. The van der Waals surface area contributed by atoms with E-state index < -0.39 is 5.97 Å². The molecular formula is C26H26O3. The maximum atomic E-state index is 11.3. The predicted molar refractivity (Wildman–Crippen MR) is 117 cm³/mol. The van der Waals surface area contributed by atoms with Crippen LogP contribution in [0.1, 0.15) is 23.6 Å². The van der Waals surface area contributed by atoms with Crippen molar-refractivity contribution in [2.24, 2.45) is 0 Å². The number of aliphatic hydroxyl groups is 1. The second-order valence-electron chi connectivity index (χ2n) is 6.85. The SMILES string of the molecule is C=CC(=O)OCCc1cc(-c2ccc(-c3ccccc3)cc2CC)ccc1CO. The zero-order valence-corrected chi connectivity index (χ0v) is 16.7. The fraction of sp³-hybridized carbons (Fsp3) is 0.192. The van der Waals surface area contributed by atoms with Crippen molar-refractivity contribution < 1.29 is 14.6 Å². The smallest absolute Gasteiger partial charge is 0.330 e. The zero-order valence-electron chi connectivity index (χ0n) is 16.7. The molecule has 3 aromatic rings. The Kier molecular flexibility index (Phi) is 6.99. The van der Waals surface area contributed by atoms with Crippen molar-refractivity contribution in [3.63, 3.8) is 0 Å². The molecule has 0 aromatic heterocycles. The Labute approximate surface area is 172 Å². The summed E-state index contributed by atoms with van der Waals surface area (Å²) >= 11 is 0. The molecule has 0 aliphatic rings. The van der Waals surface area contributed by atoms with E-state index in [4.69, 9.17) is 4.74 Å². The number of aliphatic hydroxyl groups excluding tert-OH is 1. The van der Waals surface area contributed by atoms with Crippen LogP contribution in [0.3, 0.4) is 0 Å². The minimum absolute atomic E-state index is 0.0431. The van der Waals surface area contributed by atoms with Crippen molar-refractivity contribution in [1.29, 1.82) is 0 Å². The molecule has 0 amide bonds. The molecule has 3 nitrogen and oxygen atoms in total. The van der Waals surface area contributed by atoms with Gasteiger partial charge in [0.2, 0.25) is 0 Å². The summed E-state index contributed by atoms with van der Waals surface area (Å²) < 4.78 is 5.11. The maximum Gasteiger partial charge on any atom is 0.330 e. The molecule has 0 unspecified atom stereocenters. The van der Waals surface area contributed by atoms with E-state index in [-0.39, 0.29) is 13.2 Å². The van der Waals surface area contributed by atoms with Gasteiger partial charge in [-0.3, -0.25) is 0 Å². The minimum Gasteiger partial charge on any atom is -0.462 e. The predicted octanol–water partition coefficient (Wildman–Crippen LogP) is 5.35. The summed E-state index contributed by atoms with van der Waals surface area (Å²) in [5.74, 6) is -0.434. The highest BCUT2D eigenvalue weighted by atomic mass is 16.5. The molecule has 3 heteroatoms. The van der Waals surface area contributed by atoms with Gasteiger partial charge in [0.15, 0.2) is 0 Å². The highest BCUT2D eigenvalue weighted by molar-refractivity contribution is 5.81. The average Bonchev–Trinajstić information content (AvgIpc) is 2.79. The molecule has 0 radical (unpaired) electrons. The number of rotatable bonds is 8. The van der Waals surface area contributed by atoms with Crippen molar-refractivity contribution in [1.82, 2.24) is 0 Å². The number of hydrogen-bond donors (Lipinski definition) is 1. The van der Waals surface area contributed by atoms with E-state index in [1.54, 1.807) is 0 Å². The van der Waals surface area contributed by atoms with E-state index >= 15 is 0 Å². The largest absolute Gasteiger partial charge is 0.462 e. The number of benzene rings is 3. The summed E-state index contributed by atoms with van der Waals surface area (Å²) in [5.41, 5.74) is 7.79. The second-order valence-corrected chi connectivity index (χ2v) is 6.85. The van der Waals surface area contributed by atoms with Crippen molar-refractivity contribution in [3.05, 3.63) is 96.1 Å². The van der Waals surface area contributed by atoms with Crippen molar-refractivity contribution in [3.8, 4) is 22.3 Å². The maximum absolute atomic E-state index is 11.3. The Morgan fingerprint density at radius 2 is 1.66 bits per heavy atom. The number of aryl methyl sites for hydroxylation is 1. The molecule has 148 valence electrons. The number of esters is 1. The summed E-state index contributed by atoms with van der Waals surface area (Å²) in [6.45, 7) is 5.78. The minimum atomic E-state index is -0.434. The lowest BCUT2D eigenvalue weighted by atomic mass is 9.91. The van der Waals surface area contributed by atoms with Crippen molar-refractivity contribution >= 4 is 5.97 Å². The van der Waals surface area contributed by atoms with Crippen molar-refractivity contribution in [2.45, 2.75) is 26.4 Å². The Morgan fingerprint density at radius 3 is 2.34 bits per heavy atom. The Balaban J connectivity index is 1.92. The molecule has 0 spiro atoms. The van der Waals surface area contributed by atoms with Crippen LogP contribution in [0.2, 0.25) is 0 Å². The van der Waals surface area contributed by atoms with Crippen LogP contribution in [0.5, 0.6) is 0 Å². The van der Waals surface area contributed by atoms with Gasteiger partial charge in [-0.25, -0.2) is 4.79 Å². The highest BCUT2D eigenvalue weighted by Gasteiger charge is 2.10. The Bertz CT molecular complexity index is 990. The second kappa shape index (κ2) is 9.85. The molecule has 0 bridgehead atoms. The van der Waals surface area contributed by atoms with E-state index in [0.717, 1.165) is 29.2 Å². The molecule has 0 heterocycles. The molecule has 0 aliphatic carbocycles. The summed E-state index contributed by atoms with van der Waals surface area (Å²) in [6, 6.07) is 23.0. The summed E-state index contributed by atoms with van der Waals surface area (Å²) in [6.07, 6.45) is 2.63. The topological polar surface area (TPSA) is 46.5 Å². The highest BCUT2D eigenvalue weighted by Crippen LogP contribution is 2.31. The number of carbonyl (C=O) groups is 1. The first-order valence-electron chi connectivity index (χ1n) is 9.86. The van der Waals surface area contributed by atoms with Crippen LogP contribution in [0.15, 0.2) is 79.4 Å². The molecule has 1 N–H and O–H groups in total. The average molecular weight is 386 g/mol. The van der Waals surface area contributed by atoms with Gasteiger partial charge in [0.25, 0.3) is 0 Å². The van der Waals surface area contributed by atoms with Gasteiger partial charge < -0.3 is 9.84 Å². The number of hydrogen-bond acceptors (Lipinski definition) is 3. The third kappa shape index (κ3) is 5.01. The van der Waals surface area contributed by atoms with E-state index in [1.807, 2.05) is 30.3 Å². The molecular weight excluding hydrogens is 360 g/mol. The molecule has 3 aromatic carbocycles. The van der Waals surface area contributed by atoms with Crippen LogP contribution < -0.4 is 0 Å². The lowest BCUT2D eigenvalue weighted by Gasteiger charge is -2.14. The van der Waals surface area contributed by atoms with Crippen LogP contribution in [-0.4, -0.2) is 17.7 Å². The first kappa shape index (κ1) is 20.6. The van der Waals surface area contributed by atoms with Gasteiger partial charge in [-0.15, -0.1) is 0 Å². The first-order valence-corrected chi connectivity index (χ1v) is 9.86. The van der Waals surface area contributed by atoms with Gasteiger partial charge in [-0.1, -0.05) is 80.2 Å². The molecule has 0 saturated heterocycles. The summed E-state index contributed by atoms with van der Waals surface area (Å²) in [7, 11) is 0. The standard InChI is InChI=1S/C26H26O3/c1-3-19-16-21(20-8-6-5-7-9-20)12-13-25(19)23-10-11-24(18-27)22(17-23)14-15-29-26(28)4-2/h4-13,16-17,27H,2-3,14-15,18H2,1H3. The number of ether oxygens (including phenoxy) is 1. The van der Waals surface area contributed by atoms with E-state index in [2.05, 4.69) is 49.9 Å². The van der Waals surface area contributed by atoms with E-state index in [0.29, 0.717) is 6.42 Å². The molecule has 29 heavy (non-hydrogen) atoms. The van der Waals surface area contributed by atoms with Gasteiger partial charge in [0.05, 0.1) is 13.2 Å². The fourth-order valence-corrected chi connectivity index (χ4v) is 3.48. The van der Waals surface area contributed by atoms with E-state index in [9.17, 15) is 9.90 Å². The van der Waals surface area contributed by atoms with Gasteiger partial charge in [-0.2, -0.15) is 0 Å². The monoisotopic (exact) mass is 386 g/mol. The third-order valence-corrected chi connectivity index (χ3v) is 5.06. The van der Waals surface area contributed by atoms with Crippen LogP contribution in [0.25, 0.3) is 22.3 Å². The normalized spacial score (nSPS) is 10.6. The molecule has 0 fully saturated rings. The third-order valence-electron chi connectivity index (χ3n) is 5.06. The van der Waals surface area contributed by atoms with E-state index in [1.165, 1.54) is 22.3 Å². The zero-order chi connectivity index (χ0) is 20.6. The van der Waals surface area contributed by atoms with Gasteiger partial charge in [0.1, 0.15) is 0 Å². The van der Waals surface area contributed by atoms with Gasteiger partial charge in [-0.05, 0) is 45.4 Å². The lowest BCUT2D eigenvalue weighted by Crippen LogP contribution is -2.06. The van der Waals surface area contributed by atoms with Crippen LogP contribution in [0.4, 0.5) is 0 Å². The molecule has 3 rings (SSSR count). The summed E-state index contributed by atoms with van der Waals surface area (Å²) in [4.78, 5) is 11.3. The number of carbonyl (C=O) groups excluding carboxylic acids is 1. The Hall–Kier alpha value is -3.17. The molecule has 0 aliphatic heterocycles. The van der Waals surface area contributed by atoms with Gasteiger partial charge >= 0.3 is 5.97 Å². The van der Waals surface area contributed by atoms with Crippen LogP contribution in [0, 0.1) is 0 Å². The van der Waals surface area contributed by atoms with Crippen molar-refractivity contribution in [2.75, 3.05) is 6.61 Å². The van der Waals surface area contributed by atoms with Crippen LogP contribution in [-0.2, 0) is 29.0 Å². The lowest BCUT2D eigenvalue weighted by molar-refractivity contribution is -0.137. The summed E-state index contributed by atoms with van der Waals surface area (Å²) in [5, 5.41) is 9.67. The molecule has 0 atom stereocenters. The van der Waals surface area contributed by atoms with Gasteiger partial charge in [0, 0.05) is 12.5 Å². The van der Waals surface area contributed by atoms with Crippen LogP contribution >= 0.6 is 0 Å².